The molecule has 0 fully saturated rings. The smallest absolute Gasteiger partial charge is 0.231 e. The molecule has 0 saturated heterocycles. The molecule has 2 aliphatic rings. The summed E-state index contributed by atoms with van der Waals surface area (Å²) in [6.45, 7) is 0.574. The standard InChI is InChI=1S/C27H24O5/c1-29-25-11-6-18(5-10-24(28)21-8-12-26-27(15-21)32-17-31-26)13-22(25)16-30-23-9-7-19-3-2-4-20(19)14-23/h5-15H,2-4,16-17H2,1H3/b10-5+. The second-order valence-electron chi connectivity index (χ2n) is 7.91. The predicted molar refractivity (Wildman–Crippen MR) is 122 cm³/mol. The first-order valence-electron chi connectivity index (χ1n) is 10.7. The number of ether oxygens (including phenoxy) is 4. The summed E-state index contributed by atoms with van der Waals surface area (Å²) in [5, 5.41) is 0. The Balaban J connectivity index is 1.29. The van der Waals surface area contributed by atoms with Gasteiger partial charge in [0.05, 0.1) is 7.11 Å². The Morgan fingerprint density at radius 2 is 1.84 bits per heavy atom. The molecule has 3 aromatic carbocycles. The van der Waals surface area contributed by atoms with Crippen molar-refractivity contribution in [1.29, 1.82) is 0 Å². The summed E-state index contributed by atoms with van der Waals surface area (Å²) in [7, 11) is 1.65. The highest BCUT2D eigenvalue weighted by molar-refractivity contribution is 6.07. The summed E-state index contributed by atoms with van der Waals surface area (Å²) in [5.74, 6) is 2.78. The highest BCUT2D eigenvalue weighted by atomic mass is 16.7. The molecule has 5 rings (SSSR count). The maximum absolute atomic E-state index is 12.6. The second-order valence-corrected chi connectivity index (χ2v) is 7.91. The average molecular weight is 428 g/mol. The fraction of sp³-hybridized carbons (Fsp3) is 0.222. The molecule has 0 unspecified atom stereocenters. The van der Waals surface area contributed by atoms with Gasteiger partial charge in [-0.1, -0.05) is 18.2 Å². The third-order valence-electron chi connectivity index (χ3n) is 5.85. The fourth-order valence-electron chi connectivity index (χ4n) is 4.13. The van der Waals surface area contributed by atoms with Gasteiger partial charge < -0.3 is 18.9 Å². The molecule has 1 heterocycles. The number of methoxy groups -OCH3 is 1. The van der Waals surface area contributed by atoms with E-state index in [0.29, 0.717) is 23.7 Å². The number of fused-ring (bicyclic) bond motifs is 2. The van der Waals surface area contributed by atoms with Gasteiger partial charge in [0, 0.05) is 11.1 Å². The van der Waals surface area contributed by atoms with Crippen LogP contribution < -0.4 is 18.9 Å². The van der Waals surface area contributed by atoms with E-state index in [1.165, 1.54) is 17.5 Å². The Hall–Kier alpha value is -3.73. The van der Waals surface area contributed by atoms with Crippen LogP contribution in [0, 0.1) is 0 Å². The molecule has 0 amide bonds. The van der Waals surface area contributed by atoms with Crippen LogP contribution in [0.25, 0.3) is 6.08 Å². The fourth-order valence-corrected chi connectivity index (χ4v) is 4.13. The van der Waals surface area contributed by atoms with Crippen LogP contribution in [0.3, 0.4) is 0 Å². The molecule has 162 valence electrons. The summed E-state index contributed by atoms with van der Waals surface area (Å²) in [6.07, 6.45) is 6.85. The molecule has 0 radical (unpaired) electrons. The summed E-state index contributed by atoms with van der Waals surface area (Å²) >= 11 is 0. The van der Waals surface area contributed by atoms with Gasteiger partial charge in [-0.25, -0.2) is 0 Å². The van der Waals surface area contributed by atoms with Crippen molar-refractivity contribution in [2.24, 2.45) is 0 Å². The van der Waals surface area contributed by atoms with Crippen LogP contribution in [0.5, 0.6) is 23.0 Å². The lowest BCUT2D eigenvalue weighted by molar-refractivity contribution is 0.104. The Labute approximate surface area is 187 Å². The molecule has 0 saturated carbocycles. The third-order valence-corrected chi connectivity index (χ3v) is 5.85. The van der Waals surface area contributed by atoms with Crippen molar-refractivity contribution >= 4 is 11.9 Å². The first-order chi connectivity index (χ1) is 15.7. The lowest BCUT2D eigenvalue weighted by Crippen LogP contribution is -2.00. The van der Waals surface area contributed by atoms with Crippen molar-refractivity contribution in [3.63, 3.8) is 0 Å². The topological polar surface area (TPSA) is 54.0 Å². The van der Waals surface area contributed by atoms with E-state index in [4.69, 9.17) is 18.9 Å². The van der Waals surface area contributed by atoms with Gasteiger partial charge in [-0.05, 0) is 84.5 Å². The number of carbonyl (C=O) groups is 1. The van der Waals surface area contributed by atoms with Crippen molar-refractivity contribution in [3.8, 4) is 23.0 Å². The quantitative estimate of drug-likeness (QED) is 0.373. The van der Waals surface area contributed by atoms with Crippen LogP contribution >= 0.6 is 0 Å². The van der Waals surface area contributed by atoms with Crippen LogP contribution in [-0.4, -0.2) is 19.7 Å². The van der Waals surface area contributed by atoms with Crippen LogP contribution in [-0.2, 0) is 19.4 Å². The van der Waals surface area contributed by atoms with Gasteiger partial charge in [0.15, 0.2) is 17.3 Å². The molecule has 0 spiro atoms. The Morgan fingerprint density at radius 1 is 0.969 bits per heavy atom. The molecule has 5 nitrogen and oxygen atoms in total. The maximum Gasteiger partial charge on any atom is 0.231 e. The minimum atomic E-state index is -0.102. The first-order valence-corrected chi connectivity index (χ1v) is 10.7. The molecule has 0 N–H and O–H groups in total. The van der Waals surface area contributed by atoms with Crippen molar-refractivity contribution in [1.82, 2.24) is 0 Å². The van der Waals surface area contributed by atoms with Gasteiger partial charge in [0.2, 0.25) is 6.79 Å². The normalized spacial score (nSPS) is 13.9. The Kier molecular flexibility index (Phi) is 5.55. The summed E-state index contributed by atoms with van der Waals surface area (Å²) in [4.78, 5) is 12.6. The van der Waals surface area contributed by atoms with E-state index < -0.39 is 0 Å². The number of hydrogen-bond donors (Lipinski definition) is 0. The molecule has 1 aliphatic heterocycles. The SMILES string of the molecule is COc1ccc(/C=C/C(=O)c2ccc3c(c2)OCO3)cc1COc1ccc2c(c1)CCC2. The highest BCUT2D eigenvalue weighted by Gasteiger charge is 2.15. The molecular weight excluding hydrogens is 404 g/mol. The molecule has 32 heavy (non-hydrogen) atoms. The molecular formula is C27H24O5. The molecule has 0 atom stereocenters. The van der Waals surface area contributed by atoms with Crippen molar-refractivity contribution in [3.05, 3.63) is 88.5 Å². The predicted octanol–water partition coefficient (Wildman–Crippen LogP) is 5.39. The minimum Gasteiger partial charge on any atom is -0.496 e. The van der Waals surface area contributed by atoms with Crippen molar-refractivity contribution in [2.45, 2.75) is 25.9 Å². The number of ketones is 1. The zero-order chi connectivity index (χ0) is 21.9. The van der Waals surface area contributed by atoms with Crippen molar-refractivity contribution in [2.75, 3.05) is 13.9 Å². The minimum absolute atomic E-state index is 0.102. The highest BCUT2D eigenvalue weighted by Crippen LogP contribution is 2.33. The van der Waals surface area contributed by atoms with E-state index in [0.717, 1.165) is 35.5 Å². The number of hydrogen-bond acceptors (Lipinski definition) is 5. The average Bonchev–Trinajstić information content (AvgIpc) is 3.49. The summed E-state index contributed by atoms with van der Waals surface area (Å²) in [6, 6.07) is 17.3. The summed E-state index contributed by atoms with van der Waals surface area (Å²) in [5.41, 5.74) is 5.18. The molecule has 1 aliphatic carbocycles. The van der Waals surface area contributed by atoms with E-state index in [9.17, 15) is 4.79 Å². The van der Waals surface area contributed by atoms with Gasteiger partial charge in [0.1, 0.15) is 18.1 Å². The van der Waals surface area contributed by atoms with E-state index >= 15 is 0 Å². The van der Waals surface area contributed by atoms with E-state index in [2.05, 4.69) is 12.1 Å². The second kappa shape index (κ2) is 8.79. The first kappa shape index (κ1) is 20.2. The molecule has 5 heteroatoms. The molecule has 0 aromatic heterocycles. The Bertz CT molecular complexity index is 1190. The van der Waals surface area contributed by atoms with Crippen LogP contribution in [0.1, 0.15) is 39.0 Å². The summed E-state index contributed by atoms with van der Waals surface area (Å²) < 4.78 is 22.2. The Morgan fingerprint density at radius 3 is 2.75 bits per heavy atom. The van der Waals surface area contributed by atoms with Crippen LogP contribution in [0.15, 0.2) is 60.7 Å². The maximum atomic E-state index is 12.6. The number of carbonyl (C=O) groups excluding carboxylic acids is 1. The lowest BCUT2D eigenvalue weighted by atomic mass is 10.1. The molecule has 0 bridgehead atoms. The van der Waals surface area contributed by atoms with Gasteiger partial charge in [-0.3, -0.25) is 4.79 Å². The monoisotopic (exact) mass is 428 g/mol. The zero-order valence-corrected chi connectivity index (χ0v) is 17.9. The lowest BCUT2D eigenvalue weighted by Gasteiger charge is -2.12. The van der Waals surface area contributed by atoms with E-state index in [-0.39, 0.29) is 12.6 Å². The molecule has 3 aromatic rings. The van der Waals surface area contributed by atoms with Crippen molar-refractivity contribution < 1.29 is 23.7 Å². The largest absolute Gasteiger partial charge is 0.496 e. The number of rotatable bonds is 7. The van der Waals surface area contributed by atoms with E-state index in [1.54, 1.807) is 37.5 Å². The van der Waals surface area contributed by atoms with Gasteiger partial charge >= 0.3 is 0 Å². The number of benzene rings is 3. The number of aryl methyl sites for hydroxylation is 2. The van der Waals surface area contributed by atoms with Crippen LogP contribution in [0.2, 0.25) is 0 Å². The van der Waals surface area contributed by atoms with Crippen LogP contribution in [0.4, 0.5) is 0 Å². The zero-order valence-electron chi connectivity index (χ0n) is 17.9. The van der Waals surface area contributed by atoms with Gasteiger partial charge in [0.25, 0.3) is 0 Å². The van der Waals surface area contributed by atoms with E-state index in [1.807, 2.05) is 24.3 Å². The van der Waals surface area contributed by atoms with Gasteiger partial charge in [-0.2, -0.15) is 0 Å². The van der Waals surface area contributed by atoms with Gasteiger partial charge in [-0.15, -0.1) is 0 Å². The third kappa shape index (κ3) is 4.19. The number of allylic oxidation sites excluding steroid dienone is 1.